The molecular weight excluding hydrogens is 351 g/mol. The average molecular weight is 365 g/mol. The van der Waals surface area contributed by atoms with E-state index in [0.717, 1.165) is 12.2 Å². The minimum Gasteiger partial charge on any atom is -0.438 e. The van der Waals surface area contributed by atoms with Crippen LogP contribution in [0.25, 0.3) is 0 Å². The van der Waals surface area contributed by atoms with E-state index in [0.29, 0.717) is 11.1 Å². The maximum Gasteiger partial charge on any atom is 0.332 e. The van der Waals surface area contributed by atoms with Gasteiger partial charge in [-0.1, -0.05) is 83.9 Å². The first-order valence-electron chi connectivity index (χ1n) is 7.03. The molecule has 4 nitrogen and oxygen atoms in total. The monoisotopic (exact) mass is 364 g/mol. The molecule has 0 aliphatic carbocycles. The summed E-state index contributed by atoms with van der Waals surface area (Å²) in [6.45, 7) is 0. The van der Waals surface area contributed by atoms with Crippen LogP contribution >= 0.6 is 23.2 Å². The van der Waals surface area contributed by atoms with Crippen LogP contribution in [-0.4, -0.2) is 11.9 Å². The zero-order valence-corrected chi connectivity index (χ0v) is 14.0. The number of hydrogen-bond acceptors (Lipinski definition) is 4. The van der Waals surface area contributed by atoms with Crippen LogP contribution < -0.4 is 0 Å². The largest absolute Gasteiger partial charge is 0.438 e. The van der Waals surface area contributed by atoms with Gasteiger partial charge in [0.2, 0.25) is 11.1 Å². The second-order valence-corrected chi connectivity index (χ2v) is 5.45. The molecule has 0 N–H and O–H groups in total. The highest BCUT2D eigenvalue weighted by Gasteiger charge is 2.13. The standard InChI is InChI=1S/C18H14Cl2O4/c19-17(13-7-3-1-4-8-13)23-15(21)11-12-16(22)24-18(20)14-9-5-2-6-10-14/h1-12,17-18H/b12-11+. The molecule has 2 unspecified atom stereocenters. The minimum atomic E-state index is -0.940. The van der Waals surface area contributed by atoms with E-state index in [1.54, 1.807) is 48.5 Å². The van der Waals surface area contributed by atoms with E-state index in [2.05, 4.69) is 0 Å². The Morgan fingerprint density at radius 1 is 0.708 bits per heavy atom. The second kappa shape index (κ2) is 9.11. The quantitative estimate of drug-likeness (QED) is 0.430. The van der Waals surface area contributed by atoms with Gasteiger partial charge in [-0.2, -0.15) is 0 Å². The van der Waals surface area contributed by atoms with Gasteiger partial charge in [0.15, 0.2) is 0 Å². The molecule has 2 rings (SSSR count). The predicted molar refractivity (Wildman–Crippen MR) is 91.4 cm³/mol. The molecule has 0 bridgehead atoms. The summed E-state index contributed by atoms with van der Waals surface area (Å²) in [5.41, 5.74) is -0.615. The van der Waals surface area contributed by atoms with Gasteiger partial charge in [-0.25, -0.2) is 9.59 Å². The molecule has 0 fully saturated rings. The van der Waals surface area contributed by atoms with E-state index in [9.17, 15) is 9.59 Å². The molecule has 2 atom stereocenters. The number of rotatable bonds is 6. The van der Waals surface area contributed by atoms with E-state index in [-0.39, 0.29) is 0 Å². The zero-order valence-electron chi connectivity index (χ0n) is 12.5. The van der Waals surface area contributed by atoms with E-state index in [4.69, 9.17) is 32.7 Å². The van der Waals surface area contributed by atoms with Crippen molar-refractivity contribution < 1.29 is 19.1 Å². The number of carbonyl (C=O) groups is 2. The molecule has 0 heterocycles. The fraction of sp³-hybridized carbons (Fsp3) is 0.111. The van der Waals surface area contributed by atoms with Gasteiger partial charge in [0.1, 0.15) is 0 Å². The Labute approximate surface area is 149 Å². The molecule has 0 saturated carbocycles. The molecule has 2 aromatic rings. The summed E-state index contributed by atoms with van der Waals surface area (Å²) in [4.78, 5) is 23.3. The van der Waals surface area contributed by atoms with E-state index < -0.39 is 23.1 Å². The number of benzene rings is 2. The van der Waals surface area contributed by atoms with Gasteiger partial charge in [-0.05, 0) is 0 Å². The Morgan fingerprint density at radius 3 is 1.38 bits per heavy atom. The summed E-state index contributed by atoms with van der Waals surface area (Å²) >= 11 is 11.9. The Balaban J connectivity index is 1.83. The third kappa shape index (κ3) is 5.72. The Kier molecular flexibility index (Phi) is 6.85. The van der Waals surface area contributed by atoms with Crippen molar-refractivity contribution in [3.63, 3.8) is 0 Å². The van der Waals surface area contributed by atoms with Crippen molar-refractivity contribution in [3.05, 3.63) is 83.9 Å². The highest BCUT2D eigenvalue weighted by molar-refractivity contribution is 6.21. The molecule has 0 radical (unpaired) electrons. The lowest BCUT2D eigenvalue weighted by Gasteiger charge is -2.10. The van der Waals surface area contributed by atoms with Gasteiger partial charge in [0, 0.05) is 23.3 Å². The number of hydrogen-bond donors (Lipinski definition) is 0. The molecule has 124 valence electrons. The van der Waals surface area contributed by atoms with Crippen molar-refractivity contribution in [1.29, 1.82) is 0 Å². The van der Waals surface area contributed by atoms with E-state index >= 15 is 0 Å². The van der Waals surface area contributed by atoms with Crippen LogP contribution in [0.5, 0.6) is 0 Å². The number of carbonyl (C=O) groups excluding carboxylic acids is 2. The molecule has 2 aromatic carbocycles. The molecule has 0 aromatic heterocycles. The SMILES string of the molecule is O=C(/C=C/C(=O)OC(Cl)c1ccccc1)OC(Cl)c1ccccc1. The fourth-order valence-corrected chi connectivity index (χ4v) is 2.23. The van der Waals surface area contributed by atoms with Crippen molar-refractivity contribution in [2.75, 3.05) is 0 Å². The third-order valence-electron chi connectivity index (χ3n) is 2.92. The first-order valence-corrected chi connectivity index (χ1v) is 7.91. The van der Waals surface area contributed by atoms with Crippen molar-refractivity contribution >= 4 is 35.1 Å². The van der Waals surface area contributed by atoms with Gasteiger partial charge in [0.05, 0.1) is 0 Å². The topological polar surface area (TPSA) is 52.6 Å². The maximum absolute atomic E-state index is 11.7. The van der Waals surface area contributed by atoms with Crippen LogP contribution in [0.4, 0.5) is 0 Å². The zero-order chi connectivity index (χ0) is 17.4. The van der Waals surface area contributed by atoms with Crippen LogP contribution in [0.15, 0.2) is 72.8 Å². The summed E-state index contributed by atoms with van der Waals surface area (Å²) in [5, 5.41) is 0. The van der Waals surface area contributed by atoms with Crippen molar-refractivity contribution in [2.24, 2.45) is 0 Å². The van der Waals surface area contributed by atoms with Crippen LogP contribution in [0.1, 0.15) is 22.3 Å². The average Bonchev–Trinajstić information content (AvgIpc) is 2.61. The highest BCUT2D eigenvalue weighted by atomic mass is 35.5. The van der Waals surface area contributed by atoms with Crippen LogP contribution in [0.2, 0.25) is 0 Å². The second-order valence-electron chi connectivity index (χ2n) is 4.66. The Bertz CT molecular complexity index is 640. The predicted octanol–water partition coefficient (Wildman–Crippen LogP) is 4.50. The molecule has 0 spiro atoms. The molecule has 6 heteroatoms. The van der Waals surface area contributed by atoms with Crippen molar-refractivity contribution in [3.8, 4) is 0 Å². The number of ether oxygens (including phenoxy) is 2. The lowest BCUT2D eigenvalue weighted by Crippen LogP contribution is -2.07. The molecule has 0 amide bonds. The Morgan fingerprint density at radius 2 is 1.04 bits per heavy atom. The van der Waals surface area contributed by atoms with Gasteiger partial charge >= 0.3 is 11.9 Å². The Hall–Kier alpha value is -2.30. The summed E-state index contributed by atoms with van der Waals surface area (Å²) in [5.74, 6) is -1.52. The molecule has 0 saturated heterocycles. The van der Waals surface area contributed by atoms with Crippen LogP contribution in [0, 0.1) is 0 Å². The fourth-order valence-electron chi connectivity index (χ4n) is 1.76. The van der Waals surface area contributed by atoms with Crippen molar-refractivity contribution in [2.45, 2.75) is 11.1 Å². The molecule has 24 heavy (non-hydrogen) atoms. The van der Waals surface area contributed by atoms with E-state index in [1.165, 1.54) is 0 Å². The van der Waals surface area contributed by atoms with Gasteiger partial charge in [-0.3, -0.25) is 0 Å². The summed E-state index contributed by atoms with van der Waals surface area (Å²) in [6.07, 6.45) is 1.88. The van der Waals surface area contributed by atoms with Crippen molar-refractivity contribution in [1.82, 2.24) is 0 Å². The number of halogens is 2. The maximum atomic E-state index is 11.7. The van der Waals surface area contributed by atoms with Gasteiger partial charge in [-0.15, -0.1) is 0 Å². The van der Waals surface area contributed by atoms with Gasteiger partial charge in [0.25, 0.3) is 0 Å². The normalized spacial score (nSPS) is 13.2. The lowest BCUT2D eigenvalue weighted by atomic mass is 10.2. The van der Waals surface area contributed by atoms with Gasteiger partial charge < -0.3 is 9.47 Å². The molecule has 0 aliphatic heterocycles. The smallest absolute Gasteiger partial charge is 0.332 e. The van der Waals surface area contributed by atoms with E-state index in [1.807, 2.05) is 12.1 Å². The lowest BCUT2D eigenvalue weighted by molar-refractivity contribution is -0.142. The summed E-state index contributed by atoms with van der Waals surface area (Å²) in [7, 11) is 0. The van der Waals surface area contributed by atoms with Crippen LogP contribution in [0.3, 0.4) is 0 Å². The first kappa shape index (κ1) is 18.0. The third-order valence-corrected chi connectivity index (χ3v) is 3.60. The minimum absolute atomic E-state index is 0.633. The first-order chi connectivity index (χ1) is 11.6. The van der Waals surface area contributed by atoms with Crippen LogP contribution in [-0.2, 0) is 19.1 Å². The molecule has 0 aliphatic rings. The highest BCUT2D eigenvalue weighted by Crippen LogP contribution is 2.22. The summed E-state index contributed by atoms with van der Waals surface area (Å²) < 4.78 is 9.95. The summed E-state index contributed by atoms with van der Waals surface area (Å²) in [6, 6.07) is 17.6. The molecular formula is C18H14Cl2O4. The number of alkyl halides is 2. The number of esters is 2.